The number of nitrogens with one attached hydrogen (secondary N) is 1. The number of alkyl halides is 3. The minimum Gasteiger partial charge on any atom is -0.404 e. The lowest BCUT2D eigenvalue weighted by Crippen LogP contribution is -2.10. The van der Waals surface area contributed by atoms with Gasteiger partial charge < -0.3 is 16.2 Å². The highest BCUT2D eigenvalue weighted by molar-refractivity contribution is 5.80. The number of rotatable bonds is 6. The number of aliphatic hydroxyl groups excluding tert-OH is 1. The smallest absolute Gasteiger partial charge is 0.404 e. The molecule has 0 radical (unpaired) electrons. The highest BCUT2D eigenvalue weighted by atomic mass is 19.4. The number of anilines is 1. The van der Waals surface area contributed by atoms with E-state index in [1.54, 1.807) is 0 Å². The van der Waals surface area contributed by atoms with Crippen LogP contribution in [0.2, 0.25) is 0 Å². The van der Waals surface area contributed by atoms with E-state index in [-0.39, 0.29) is 34.9 Å². The van der Waals surface area contributed by atoms with Gasteiger partial charge in [-0.2, -0.15) is 18.4 Å². The molecule has 0 atom stereocenters. The fourth-order valence-corrected chi connectivity index (χ4v) is 2.09. The summed E-state index contributed by atoms with van der Waals surface area (Å²) < 4.78 is 38.8. The van der Waals surface area contributed by atoms with Crippen LogP contribution < -0.4 is 11.1 Å². The van der Waals surface area contributed by atoms with Gasteiger partial charge >= 0.3 is 6.18 Å². The number of aliphatic hydroxyl groups is 1. The Morgan fingerprint density at radius 1 is 1.35 bits per heavy atom. The first-order chi connectivity index (χ1) is 12.4. The maximum atomic E-state index is 12.9. The molecule has 0 aliphatic heterocycles. The van der Waals surface area contributed by atoms with Gasteiger partial charge in [0, 0.05) is 42.9 Å². The monoisotopic (exact) mass is 364 g/mol. The molecule has 0 aliphatic carbocycles. The van der Waals surface area contributed by atoms with Gasteiger partial charge in [-0.05, 0) is 12.5 Å². The molecule has 136 valence electrons. The number of hydrogen-bond acceptors (Lipinski definition) is 7. The Labute approximate surface area is 147 Å². The molecule has 4 N–H and O–H groups in total. The average Bonchev–Trinajstić information content (AvgIpc) is 2.62. The number of halogens is 3. The molecule has 0 amide bonds. The SMILES string of the molecule is N#Cc1cnc(NCCCO)nc1/C(=C/N)c1cncc(C(F)(F)F)c1. The second kappa shape index (κ2) is 8.26. The summed E-state index contributed by atoms with van der Waals surface area (Å²) in [5.74, 6) is 0.159. The van der Waals surface area contributed by atoms with E-state index in [2.05, 4.69) is 20.3 Å². The molecule has 2 rings (SSSR count). The molecule has 2 heterocycles. The van der Waals surface area contributed by atoms with E-state index >= 15 is 0 Å². The fourth-order valence-electron chi connectivity index (χ4n) is 2.09. The molecule has 2 aromatic rings. The first kappa shape index (κ1) is 19.1. The Hall–Kier alpha value is -3.19. The highest BCUT2D eigenvalue weighted by Crippen LogP contribution is 2.32. The number of hydrogen-bond donors (Lipinski definition) is 3. The van der Waals surface area contributed by atoms with Crippen molar-refractivity contribution >= 4 is 11.5 Å². The normalized spacial score (nSPS) is 11.9. The zero-order chi connectivity index (χ0) is 19.2. The predicted octanol–water partition coefficient (Wildman–Crippen LogP) is 1.90. The van der Waals surface area contributed by atoms with Crippen molar-refractivity contribution in [2.45, 2.75) is 12.6 Å². The van der Waals surface area contributed by atoms with E-state index in [9.17, 15) is 18.4 Å². The minimum atomic E-state index is -4.57. The molecule has 26 heavy (non-hydrogen) atoms. The zero-order valence-corrected chi connectivity index (χ0v) is 13.5. The quantitative estimate of drug-likeness (QED) is 0.670. The second-order valence-corrected chi connectivity index (χ2v) is 5.11. The number of aromatic nitrogens is 3. The van der Waals surface area contributed by atoms with E-state index in [0.29, 0.717) is 19.2 Å². The summed E-state index contributed by atoms with van der Waals surface area (Å²) in [4.78, 5) is 11.7. The van der Waals surface area contributed by atoms with Crippen LogP contribution in [0.4, 0.5) is 19.1 Å². The summed E-state index contributed by atoms with van der Waals surface area (Å²) in [5, 5.41) is 20.9. The summed E-state index contributed by atoms with van der Waals surface area (Å²) in [5.41, 5.74) is 4.97. The maximum absolute atomic E-state index is 12.9. The molecular weight excluding hydrogens is 349 g/mol. The standard InChI is InChI=1S/C16H15F3N6O/c17-16(18,19)12-4-10(7-22-9-12)13(6-21)14-11(5-20)8-24-15(25-14)23-2-1-3-26/h4,6-9,26H,1-3,21H2,(H,23,24,25)/b13-6+. The van der Waals surface area contributed by atoms with Gasteiger partial charge in [0.05, 0.1) is 23.0 Å². The Balaban J connectivity index is 2.47. The lowest BCUT2D eigenvalue weighted by molar-refractivity contribution is -0.137. The molecule has 0 saturated heterocycles. The highest BCUT2D eigenvalue weighted by Gasteiger charge is 2.31. The molecule has 0 saturated carbocycles. The summed E-state index contributed by atoms with van der Waals surface area (Å²) in [6.07, 6.45) is 0.103. The van der Waals surface area contributed by atoms with Crippen LogP contribution in [0.3, 0.4) is 0 Å². The van der Waals surface area contributed by atoms with Crippen molar-refractivity contribution in [1.29, 1.82) is 5.26 Å². The van der Waals surface area contributed by atoms with E-state index in [0.717, 1.165) is 12.3 Å². The summed E-state index contributed by atoms with van der Waals surface area (Å²) >= 11 is 0. The van der Waals surface area contributed by atoms with Crippen LogP contribution in [0.25, 0.3) is 5.57 Å². The van der Waals surface area contributed by atoms with Crippen molar-refractivity contribution in [1.82, 2.24) is 15.0 Å². The van der Waals surface area contributed by atoms with Crippen LogP contribution in [0.1, 0.15) is 28.8 Å². The molecule has 0 aliphatic rings. The van der Waals surface area contributed by atoms with Crippen molar-refractivity contribution in [3.8, 4) is 6.07 Å². The number of pyridine rings is 1. The fraction of sp³-hybridized carbons (Fsp3) is 0.250. The van der Waals surface area contributed by atoms with Gasteiger partial charge in [-0.1, -0.05) is 0 Å². The lowest BCUT2D eigenvalue weighted by atomic mass is 10.0. The summed E-state index contributed by atoms with van der Waals surface area (Å²) in [7, 11) is 0. The van der Waals surface area contributed by atoms with Crippen LogP contribution in [0.5, 0.6) is 0 Å². The lowest BCUT2D eigenvalue weighted by Gasteiger charge is -2.12. The molecule has 0 fully saturated rings. The van der Waals surface area contributed by atoms with Gasteiger partial charge in [-0.25, -0.2) is 9.97 Å². The van der Waals surface area contributed by atoms with Crippen molar-refractivity contribution in [2.75, 3.05) is 18.5 Å². The summed E-state index contributed by atoms with van der Waals surface area (Å²) in [6, 6.07) is 2.77. The Kier molecular flexibility index (Phi) is 6.08. The zero-order valence-electron chi connectivity index (χ0n) is 13.5. The van der Waals surface area contributed by atoms with Crippen LogP contribution >= 0.6 is 0 Å². The molecule has 0 bridgehead atoms. The Morgan fingerprint density at radius 3 is 2.73 bits per heavy atom. The van der Waals surface area contributed by atoms with E-state index in [1.807, 2.05) is 6.07 Å². The molecular formula is C16H15F3N6O. The van der Waals surface area contributed by atoms with Crippen LogP contribution in [-0.2, 0) is 6.18 Å². The van der Waals surface area contributed by atoms with Crippen LogP contribution in [0, 0.1) is 11.3 Å². The van der Waals surface area contributed by atoms with Crippen molar-refractivity contribution < 1.29 is 18.3 Å². The third kappa shape index (κ3) is 4.46. The average molecular weight is 364 g/mol. The van der Waals surface area contributed by atoms with Gasteiger partial charge in [-0.3, -0.25) is 4.98 Å². The van der Waals surface area contributed by atoms with Gasteiger partial charge in [0.2, 0.25) is 5.95 Å². The first-order valence-electron chi connectivity index (χ1n) is 7.47. The van der Waals surface area contributed by atoms with Crippen molar-refractivity contribution in [3.05, 3.63) is 53.2 Å². The minimum absolute atomic E-state index is 0.0278. The van der Waals surface area contributed by atoms with Crippen molar-refractivity contribution in [2.24, 2.45) is 5.73 Å². The van der Waals surface area contributed by atoms with Gasteiger partial charge in [0.15, 0.2) is 0 Å². The second-order valence-electron chi connectivity index (χ2n) is 5.11. The third-order valence-electron chi connectivity index (χ3n) is 3.33. The number of nitrogens with zero attached hydrogens (tertiary/aromatic N) is 4. The molecule has 10 heteroatoms. The van der Waals surface area contributed by atoms with Crippen LogP contribution in [0.15, 0.2) is 30.9 Å². The third-order valence-corrected chi connectivity index (χ3v) is 3.33. The Bertz CT molecular complexity index is 845. The van der Waals surface area contributed by atoms with E-state index < -0.39 is 11.7 Å². The van der Waals surface area contributed by atoms with Gasteiger partial charge in [0.1, 0.15) is 6.07 Å². The molecule has 0 aromatic carbocycles. The van der Waals surface area contributed by atoms with Gasteiger partial charge in [-0.15, -0.1) is 0 Å². The van der Waals surface area contributed by atoms with Crippen LogP contribution in [-0.4, -0.2) is 33.2 Å². The molecule has 7 nitrogen and oxygen atoms in total. The maximum Gasteiger partial charge on any atom is 0.417 e. The first-order valence-corrected chi connectivity index (χ1v) is 7.47. The van der Waals surface area contributed by atoms with Gasteiger partial charge in [0.25, 0.3) is 0 Å². The largest absolute Gasteiger partial charge is 0.417 e. The Morgan fingerprint density at radius 2 is 2.12 bits per heavy atom. The number of nitrogens with two attached hydrogens (primary N) is 1. The summed E-state index contributed by atoms with van der Waals surface area (Å²) in [6.45, 7) is 0.356. The number of nitriles is 1. The molecule has 0 unspecified atom stereocenters. The van der Waals surface area contributed by atoms with Crippen molar-refractivity contribution in [3.63, 3.8) is 0 Å². The molecule has 2 aromatic heterocycles. The topological polar surface area (TPSA) is 121 Å². The van der Waals surface area contributed by atoms with E-state index in [4.69, 9.17) is 10.8 Å². The molecule has 0 spiro atoms. The van der Waals surface area contributed by atoms with E-state index in [1.165, 1.54) is 12.4 Å². The predicted molar refractivity (Wildman–Crippen MR) is 87.4 cm³/mol.